The summed E-state index contributed by atoms with van der Waals surface area (Å²) in [4.78, 5) is 11.6. The molecule has 0 heterocycles. The quantitative estimate of drug-likeness (QED) is 0.771. The molecule has 1 aliphatic carbocycles. The van der Waals surface area contributed by atoms with Gasteiger partial charge in [0.25, 0.3) is 0 Å². The Balaban J connectivity index is 2.01. The number of ether oxygens (including phenoxy) is 1. The summed E-state index contributed by atoms with van der Waals surface area (Å²) in [6, 6.07) is 4.01. The largest absolute Gasteiger partial charge is 0.493 e. The first-order valence-corrected chi connectivity index (χ1v) is 7.82. The van der Waals surface area contributed by atoms with E-state index in [-0.39, 0.29) is 5.92 Å². The number of aryl methyl sites for hydroxylation is 1. The molecule has 1 aromatic carbocycles. The molecular formula is C17H23ClO2. The Bertz CT molecular complexity index is 494. The van der Waals surface area contributed by atoms with Crippen LogP contribution in [0.5, 0.6) is 5.75 Å². The third kappa shape index (κ3) is 3.54. The van der Waals surface area contributed by atoms with Gasteiger partial charge in [-0.3, -0.25) is 4.79 Å². The lowest BCUT2D eigenvalue weighted by Gasteiger charge is -2.17. The van der Waals surface area contributed by atoms with E-state index in [9.17, 15) is 4.79 Å². The van der Waals surface area contributed by atoms with E-state index in [1.54, 1.807) is 0 Å². The van der Waals surface area contributed by atoms with Crippen molar-refractivity contribution in [3.05, 3.63) is 28.3 Å². The van der Waals surface area contributed by atoms with E-state index in [0.29, 0.717) is 18.3 Å². The Morgan fingerprint density at radius 1 is 1.40 bits per heavy atom. The normalized spacial score (nSPS) is 18.9. The Hall–Kier alpha value is -1.02. The maximum atomic E-state index is 11.6. The van der Waals surface area contributed by atoms with Gasteiger partial charge in [-0.1, -0.05) is 25.4 Å². The zero-order valence-corrected chi connectivity index (χ0v) is 13.3. The van der Waals surface area contributed by atoms with Crippen molar-refractivity contribution in [1.29, 1.82) is 0 Å². The molecule has 0 bridgehead atoms. The highest BCUT2D eigenvalue weighted by Gasteiger charge is 2.24. The predicted octanol–water partition coefficient (Wildman–Crippen LogP) is 4.91. The summed E-state index contributed by atoms with van der Waals surface area (Å²) in [5.74, 6) is 1.90. The minimum absolute atomic E-state index is 0.214. The van der Waals surface area contributed by atoms with E-state index < -0.39 is 0 Å². The lowest BCUT2D eigenvalue weighted by atomic mass is 10.0. The summed E-state index contributed by atoms with van der Waals surface area (Å²) in [5, 5.41) is 0.784. The van der Waals surface area contributed by atoms with Crippen LogP contribution in [0.25, 0.3) is 0 Å². The first-order valence-electron chi connectivity index (χ1n) is 7.44. The Morgan fingerprint density at radius 2 is 2.15 bits per heavy atom. The van der Waals surface area contributed by atoms with Gasteiger partial charge in [0.05, 0.1) is 6.61 Å². The van der Waals surface area contributed by atoms with Crippen molar-refractivity contribution >= 4 is 17.4 Å². The van der Waals surface area contributed by atoms with Crippen LogP contribution in [0.4, 0.5) is 0 Å². The molecule has 20 heavy (non-hydrogen) atoms. The van der Waals surface area contributed by atoms with E-state index in [4.69, 9.17) is 16.3 Å². The summed E-state index contributed by atoms with van der Waals surface area (Å²) in [5.41, 5.74) is 2.17. The van der Waals surface area contributed by atoms with Gasteiger partial charge in [-0.25, -0.2) is 0 Å². The second-order valence-corrected chi connectivity index (χ2v) is 6.39. The Labute approximate surface area is 126 Å². The standard InChI is InChI=1S/C17H23ClO2/c1-11(2)14-10-15(18)12(3)9-17(14)20-8-7-13-5-4-6-16(13)19/h9-11,13H,4-8H2,1-3H3. The molecule has 2 rings (SSSR count). The van der Waals surface area contributed by atoms with E-state index in [2.05, 4.69) is 13.8 Å². The Kier molecular flexibility index (Phi) is 5.09. The number of carbonyl (C=O) groups is 1. The fraction of sp³-hybridized carbons (Fsp3) is 0.588. The van der Waals surface area contributed by atoms with Gasteiger partial charge in [0.1, 0.15) is 11.5 Å². The molecule has 1 fully saturated rings. The van der Waals surface area contributed by atoms with E-state index in [1.165, 1.54) is 0 Å². The second-order valence-electron chi connectivity index (χ2n) is 5.99. The second kappa shape index (κ2) is 6.62. The smallest absolute Gasteiger partial charge is 0.136 e. The van der Waals surface area contributed by atoms with Crippen LogP contribution in [0, 0.1) is 12.8 Å². The average molecular weight is 295 g/mol. The van der Waals surface area contributed by atoms with E-state index in [0.717, 1.165) is 47.6 Å². The fourth-order valence-corrected chi connectivity index (χ4v) is 2.92. The summed E-state index contributed by atoms with van der Waals surface area (Å²) >= 11 is 6.19. The van der Waals surface area contributed by atoms with Crippen molar-refractivity contribution in [2.24, 2.45) is 5.92 Å². The molecule has 1 atom stereocenters. The number of Topliss-reactive ketones (excluding diaryl/α,β-unsaturated/α-hetero) is 1. The number of ketones is 1. The highest BCUT2D eigenvalue weighted by atomic mass is 35.5. The van der Waals surface area contributed by atoms with Crippen LogP contribution in [0.15, 0.2) is 12.1 Å². The van der Waals surface area contributed by atoms with Crippen molar-refractivity contribution in [3.8, 4) is 5.75 Å². The Morgan fingerprint density at radius 3 is 2.75 bits per heavy atom. The summed E-state index contributed by atoms with van der Waals surface area (Å²) < 4.78 is 5.93. The molecule has 0 radical (unpaired) electrons. The maximum absolute atomic E-state index is 11.6. The zero-order chi connectivity index (χ0) is 14.7. The molecule has 0 N–H and O–H groups in total. The molecule has 1 saturated carbocycles. The number of rotatable bonds is 5. The molecule has 0 saturated heterocycles. The zero-order valence-electron chi connectivity index (χ0n) is 12.5. The van der Waals surface area contributed by atoms with Gasteiger partial charge < -0.3 is 4.74 Å². The van der Waals surface area contributed by atoms with Crippen molar-refractivity contribution in [2.75, 3.05) is 6.61 Å². The SMILES string of the molecule is Cc1cc(OCCC2CCCC2=O)c(C(C)C)cc1Cl. The number of carbonyl (C=O) groups excluding carboxylic acids is 1. The van der Waals surface area contributed by atoms with Gasteiger partial charge in [-0.15, -0.1) is 0 Å². The summed E-state index contributed by atoms with van der Waals surface area (Å²) in [6.45, 7) is 6.86. The molecule has 1 aliphatic rings. The van der Waals surface area contributed by atoms with Crippen LogP contribution >= 0.6 is 11.6 Å². The van der Waals surface area contributed by atoms with Crippen LogP contribution in [0.3, 0.4) is 0 Å². The maximum Gasteiger partial charge on any atom is 0.136 e. The number of hydrogen-bond acceptors (Lipinski definition) is 2. The van der Waals surface area contributed by atoms with Gasteiger partial charge >= 0.3 is 0 Å². The third-order valence-electron chi connectivity index (χ3n) is 4.07. The molecule has 1 unspecified atom stereocenters. The molecule has 0 aromatic heterocycles. The first kappa shape index (κ1) is 15.4. The average Bonchev–Trinajstić information content (AvgIpc) is 2.79. The fourth-order valence-electron chi connectivity index (χ4n) is 2.75. The molecule has 2 nitrogen and oxygen atoms in total. The minimum atomic E-state index is 0.214. The van der Waals surface area contributed by atoms with E-state index in [1.807, 2.05) is 19.1 Å². The summed E-state index contributed by atoms with van der Waals surface area (Å²) in [7, 11) is 0. The molecule has 110 valence electrons. The van der Waals surface area contributed by atoms with Crippen LogP contribution in [0.2, 0.25) is 5.02 Å². The number of halogens is 1. The van der Waals surface area contributed by atoms with Crippen LogP contribution in [-0.2, 0) is 4.79 Å². The van der Waals surface area contributed by atoms with Gasteiger partial charge in [0, 0.05) is 17.4 Å². The predicted molar refractivity (Wildman–Crippen MR) is 82.7 cm³/mol. The molecular weight excluding hydrogens is 272 g/mol. The molecule has 1 aromatic rings. The number of benzene rings is 1. The molecule has 3 heteroatoms. The molecule has 0 spiro atoms. The summed E-state index contributed by atoms with van der Waals surface area (Å²) in [6.07, 6.45) is 3.65. The van der Waals surface area contributed by atoms with Gasteiger partial charge in [0.15, 0.2) is 0 Å². The molecule has 0 aliphatic heterocycles. The van der Waals surface area contributed by atoms with E-state index >= 15 is 0 Å². The van der Waals surface area contributed by atoms with Crippen LogP contribution in [-0.4, -0.2) is 12.4 Å². The van der Waals surface area contributed by atoms with Crippen LogP contribution in [0.1, 0.15) is 56.6 Å². The first-order chi connectivity index (χ1) is 9.49. The minimum Gasteiger partial charge on any atom is -0.493 e. The van der Waals surface area contributed by atoms with Gasteiger partial charge in [-0.05, 0) is 55.4 Å². The topological polar surface area (TPSA) is 26.3 Å². The van der Waals surface area contributed by atoms with Crippen molar-refractivity contribution in [2.45, 2.75) is 52.4 Å². The van der Waals surface area contributed by atoms with Crippen molar-refractivity contribution < 1.29 is 9.53 Å². The van der Waals surface area contributed by atoms with Crippen LogP contribution < -0.4 is 4.74 Å². The van der Waals surface area contributed by atoms with Gasteiger partial charge in [0.2, 0.25) is 0 Å². The lowest BCUT2D eigenvalue weighted by Crippen LogP contribution is -2.12. The van der Waals surface area contributed by atoms with Gasteiger partial charge in [-0.2, -0.15) is 0 Å². The highest BCUT2D eigenvalue weighted by Crippen LogP contribution is 2.32. The third-order valence-corrected chi connectivity index (χ3v) is 4.48. The molecule has 0 amide bonds. The number of hydrogen-bond donors (Lipinski definition) is 0. The van der Waals surface area contributed by atoms with Crippen molar-refractivity contribution in [3.63, 3.8) is 0 Å². The van der Waals surface area contributed by atoms with Crippen molar-refractivity contribution in [1.82, 2.24) is 0 Å². The monoisotopic (exact) mass is 294 g/mol. The lowest BCUT2D eigenvalue weighted by molar-refractivity contribution is -0.121. The highest BCUT2D eigenvalue weighted by molar-refractivity contribution is 6.31.